The molecule has 1 aliphatic rings. The van der Waals surface area contributed by atoms with Crippen LogP contribution >= 0.6 is 0 Å². The monoisotopic (exact) mass is 397 g/mol. The molecule has 0 saturated carbocycles. The van der Waals surface area contributed by atoms with Crippen molar-refractivity contribution in [3.63, 3.8) is 0 Å². The number of anilines is 1. The van der Waals surface area contributed by atoms with E-state index < -0.39 is 12.0 Å². The second-order valence-electron chi connectivity index (χ2n) is 7.20. The summed E-state index contributed by atoms with van der Waals surface area (Å²) in [4.78, 5) is 6.54. The topological polar surface area (TPSA) is 80.1 Å². The number of para-hydroxylation sites is 1. The first-order valence-electron chi connectivity index (χ1n) is 9.33. The summed E-state index contributed by atoms with van der Waals surface area (Å²) in [6, 6.07) is 13.7. The van der Waals surface area contributed by atoms with E-state index in [9.17, 15) is 8.78 Å². The van der Waals surface area contributed by atoms with Crippen molar-refractivity contribution in [3.05, 3.63) is 53.6 Å². The molecule has 1 atom stereocenters. The third-order valence-corrected chi connectivity index (χ3v) is 5.32. The van der Waals surface area contributed by atoms with Crippen LogP contribution in [-0.4, -0.2) is 41.7 Å². The van der Waals surface area contributed by atoms with Crippen LogP contribution in [0.4, 0.5) is 14.7 Å². The number of nitrogens with zero attached hydrogens (tertiary/aromatic N) is 4. The summed E-state index contributed by atoms with van der Waals surface area (Å²) in [6.07, 6.45) is -0.314. The molecule has 8 heteroatoms. The van der Waals surface area contributed by atoms with Gasteiger partial charge >= 0.3 is 0 Å². The smallest absolute Gasteiger partial charge is 0.266 e. The van der Waals surface area contributed by atoms with Crippen molar-refractivity contribution in [3.8, 4) is 11.8 Å². The van der Waals surface area contributed by atoms with Gasteiger partial charge in [0.15, 0.2) is 0 Å². The second kappa shape index (κ2) is 7.33. The number of nitrogens with two attached hydrogens (primary N) is 1. The van der Waals surface area contributed by atoms with E-state index in [0.29, 0.717) is 29.3 Å². The number of aromatic nitrogens is 2. The fourth-order valence-electron chi connectivity index (χ4n) is 3.65. The number of benzene rings is 2. The number of rotatable bonds is 4. The largest absolute Gasteiger partial charge is 0.494 e. The summed E-state index contributed by atoms with van der Waals surface area (Å²) in [7, 11) is 1.57. The molecule has 0 bridgehead atoms. The third-order valence-electron chi connectivity index (χ3n) is 5.32. The molecule has 1 fully saturated rings. The molecule has 1 aromatic heterocycles. The molecule has 2 heterocycles. The van der Waals surface area contributed by atoms with Gasteiger partial charge in [0.1, 0.15) is 11.3 Å². The third kappa shape index (κ3) is 3.49. The Morgan fingerprint density at radius 1 is 1.28 bits per heavy atom. The predicted octanol–water partition coefficient (Wildman–Crippen LogP) is 3.14. The highest BCUT2D eigenvalue weighted by molar-refractivity contribution is 5.85. The van der Waals surface area contributed by atoms with Crippen LogP contribution in [0.3, 0.4) is 0 Å². The minimum Gasteiger partial charge on any atom is -0.494 e. The first kappa shape index (κ1) is 19.2. The Hall–Kier alpha value is -3.18. The average Bonchev–Trinajstić information content (AvgIpc) is 3.09. The van der Waals surface area contributed by atoms with Crippen molar-refractivity contribution in [1.29, 1.82) is 5.26 Å². The summed E-state index contributed by atoms with van der Waals surface area (Å²) >= 11 is 0. The molecule has 2 aromatic carbocycles. The predicted molar refractivity (Wildman–Crippen MR) is 106 cm³/mol. The maximum absolute atomic E-state index is 13.9. The Labute approximate surface area is 167 Å². The van der Waals surface area contributed by atoms with Gasteiger partial charge in [0.2, 0.25) is 5.95 Å². The molecule has 3 aromatic rings. The van der Waals surface area contributed by atoms with E-state index in [2.05, 4.69) is 6.07 Å². The maximum Gasteiger partial charge on any atom is 0.266 e. The maximum atomic E-state index is 13.9. The van der Waals surface area contributed by atoms with Crippen LogP contribution in [0.5, 0.6) is 5.75 Å². The molecule has 0 radical (unpaired) electrons. The number of hydrogen-bond donors (Lipinski definition) is 1. The number of halogens is 2. The van der Waals surface area contributed by atoms with Gasteiger partial charge in [-0.2, -0.15) is 5.26 Å². The minimum absolute atomic E-state index is 0.0198. The lowest BCUT2D eigenvalue weighted by Gasteiger charge is -2.37. The van der Waals surface area contributed by atoms with Gasteiger partial charge < -0.3 is 19.9 Å². The number of hydrogen-bond acceptors (Lipinski definition) is 5. The van der Waals surface area contributed by atoms with Crippen LogP contribution in [0.25, 0.3) is 11.0 Å². The zero-order chi connectivity index (χ0) is 20.6. The van der Waals surface area contributed by atoms with E-state index >= 15 is 0 Å². The van der Waals surface area contributed by atoms with Crippen LogP contribution in [0.15, 0.2) is 42.5 Å². The van der Waals surface area contributed by atoms with Crippen molar-refractivity contribution in [2.75, 3.05) is 25.1 Å². The molecule has 4 rings (SSSR count). The van der Waals surface area contributed by atoms with E-state index in [4.69, 9.17) is 20.7 Å². The Bertz CT molecular complexity index is 1070. The zero-order valence-electron chi connectivity index (χ0n) is 16.0. The number of nitriles is 1. The molecule has 0 spiro atoms. The number of piperidine rings is 1. The highest BCUT2D eigenvalue weighted by Gasteiger charge is 2.42. The molecular weight excluding hydrogens is 376 g/mol. The van der Waals surface area contributed by atoms with Gasteiger partial charge in [-0.15, -0.1) is 0 Å². The normalized spacial score (nSPS) is 18.6. The molecule has 1 saturated heterocycles. The summed E-state index contributed by atoms with van der Waals surface area (Å²) in [5, 5.41) is 9.01. The summed E-state index contributed by atoms with van der Waals surface area (Å²) in [6.45, 7) is 0.665. The minimum atomic E-state index is -2.88. The van der Waals surface area contributed by atoms with Crippen LogP contribution in [0.2, 0.25) is 0 Å². The van der Waals surface area contributed by atoms with Crippen molar-refractivity contribution < 1.29 is 13.5 Å². The van der Waals surface area contributed by atoms with Crippen LogP contribution in [-0.2, 0) is 6.54 Å². The molecule has 0 unspecified atom stereocenters. The molecule has 150 valence electrons. The van der Waals surface area contributed by atoms with Crippen molar-refractivity contribution in [2.24, 2.45) is 5.73 Å². The Kier molecular flexibility index (Phi) is 4.84. The Morgan fingerprint density at radius 3 is 2.69 bits per heavy atom. The van der Waals surface area contributed by atoms with Crippen LogP contribution in [0, 0.1) is 11.3 Å². The lowest BCUT2D eigenvalue weighted by atomic mass is 10.0. The van der Waals surface area contributed by atoms with E-state index in [1.54, 1.807) is 19.2 Å². The van der Waals surface area contributed by atoms with Crippen LogP contribution in [0.1, 0.15) is 17.5 Å². The lowest BCUT2D eigenvalue weighted by molar-refractivity contribution is -0.0395. The SMILES string of the molecule is COc1cccc2c1nc(N1CCC(F)(F)[C@H](N)C1)n2Cc1ccc(C#N)cc1. The summed E-state index contributed by atoms with van der Waals surface area (Å²) < 4.78 is 35.2. The number of alkyl halides is 2. The van der Waals surface area contributed by atoms with Gasteiger partial charge in [0.05, 0.1) is 36.8 Å². The number of ether oxygens (including phenoxy) is 1. The molecule has 2 N–H and O–H groups in total. The van der Waals surface area contributed by atoms with Crippen molar-refractivity contribution in [2.45, 2.75) is 24.9 Å². The zero-order valence-corrected chi connectivity index (χ0v) is 16.0. The average molecular weight is 397 g/mol. The number of imidazole rings is 1. The highest BCUT2D eigenvalue weighted by Crippen LogP contribution is 2.34. The number of fused-ring (bicyclic) bond motifs is 1. The molecule has 0 aliphatic carbocycles. The van der Waals surface area contributed by atoms with Crippen molar-refractivity contribution in [1.82, 2.24) is 9.55 Å². The van der Waals surface area contributed by atoms with Gasteiger partial charge in [-0.3, -0.25) is 0 Å². The first-order chi connectivity index (χ1) is 13.9. The van der Waals surface area contributed by atoms with E-state index in [1.807, 2.05) is 39.8 Å². The fourth-order valence-corrected chi connectivity index (χ4v) is 3.65. The molecule has 0 amide bonds. The first-order valence-corrected chi connectivity index (χ1v) is 9.33. The van der Waals surface area contributed by atoms with Gasteiger partial charge in [0.25, 0.3) is 5.92 Å². The lowest BCUT2D eigenvalue weighted by Crippen LogP contribution is -2.55. The van der Waals surface area contributed by atoms with Gasteiger partial charge in [0, 0.05) is 19.5 Å². The second-order valence-corrected chi connectivity index (χ2v) is 7.20. The Morgan fingerprint density at radius 2 is 2.03 bits per heavy atom. The highest BCUT2D eigenvalue weighted by atomic mass is 19.3. The molecule has 29 heavy (non-hydrogen) atoms. The van der Waals surface area contributed by atoms with E-state index in [0.717, 1.165) is 11.1 Å². The molecule has 1 aliphatic heterocycles. The summed E-state index contributed by atoms with van der Waals surface area (Å²) in [5.74, 6) is -1.67. The van der Waals surface area contributed by atoms with E-state index in [1.165, 1.54) is 0 Å². The molecular formula is C21H21F2N5O. The fraction of sp³-hybridized carbons (Fsp3) is 0.333. The quantitative estimate of drug-likeness (QED) is 0.732. The molecule has 6 nitrogen and oxygen atoms in total. The standard InChI is InChI=1S/C21H21F2N5O/c1-29-17-4-2-3-16-19(17)26-20(27-10-9-21(22,23)18(25)13-27)28(16)12-15-7-5-14(11-24)6-8-15/h2-8,18H,9-10,12-13,25H2,1H3/t18-/m1/s1. The van der Waals surface area contributed by atoms with Crippen LogP contribution < -0.4 is 15.4 Å². The van der Waals surface area contributed by atoms with E-state index in [-0.39, 0.29) is 19.5 Å². The van der Waals surface area contributed by atoms with Gasteiger partial charge in [-0.25, -0.2) is 13.8 Å². The van der Waals surface area contributed by atoms with Gasteiger partial charge in [-0.05, 0) is 29.8 Å². The van der Waals surface area contributed by atoms with Crippen molar-refractivity contribution >= 4 is 17.0 Å². The Balaban J connectivity index is 1.78. The van der Waals surface area contributed by atoms with Gasteiger partial charge in [-0.1, -0.05) is 18.2 Å². The number of methoxy groups -OCH3 is 1. The summed E-state index contributed by atoms with van der Waals surface area (Å²) in [5.41, 5.74) is 8.80.